The Labute approximate surface area is 155 Å². The number of nitrogens with one attached hydrogen (secondary N) is 3. The van der Waals surface area contributed by atoms with Crippen molar-refractivity contribution in [2.75, 3.05) is 10.6 Å². The van der Waals surface area contributed by atoms with E-state index in [0.29, 0.717) is 11.4 Å². The first kappa shape index (κ1) is 21.2. The molecule has 1 aromatic carbocycles. The highest BCUT2D eigenvalue weighted by atomic mass is 16.2. The van der Waals surface area contributed by atoms with Crippen molar-refractivity contribution < 1.29 is 9.59 Å². The Morgan fingerprint density at radius 2 is 1.54 bits per heavy atom. The zero-order chi connectivity index (χ0) is 20.0. The number of amides is 2. The van der Waals surface area contributed by atoms with E-state index < -0.39 is 5.91 Å². The van der Waals surface area contributed by atoms with Crippen molar-refractivity contribution >= 4 is 23.2 Å². The van der Waals surface area contributed by atoms with Gasteiger partial charge in [0.25, 0.3) is 5.91 Å². The second-order valence-electron chi connectivity index (χ2n) is 8.15. The van der Waals surface area contributed by atoms with Crippen LogP contribution in [0.5, 0.6) is 0 Å². The molecule has 0 heterocycles. The highest BCUT2D eigenvalue weighted by Crippen LogP contribution is 2.26. The lowest BCUT2D eigenvalue weighted by atomic mass is 9.82. The fraction of sp³-hybridized carbons (Fsp3) is 0.450. The van der Waals surface area contributed by atoms with E-state index in [4.69, 9.17) is 0 Å². The number of nitriles is 1. The molecule has 0 fully saturated rings. The van der Waals surface area contributed by atoms with Crippen molar-refractivity contribution in [1.29, 1.82) is 5.26 Å². The summed E-state index contributed by atoms with van der Waals surface area (Å²) in [5.41, 5.74) is 1.05. The summed E-state index contributed by atoms with van der Waals surface area (Å²) >= 11 is 0. The molecule has 0 spiro atoms. The second kappa shape index (κ2) is 8.52. The van der Waals surface area contributed by atoms with Crippen LogP contribution in [0.15, 0.2) is 36.0 Å². The van der Waals surface area contributed by atoms with E-state index in [1.165, 1.54) is 13.1 Å². The Morgan fingerprint density at radius 1 is 1.04 bits per heavy atom. The molecule has 2 amide bonds. The lowest BCUT2D eigenvalue weighted by Crippen LogP contribution is -2.39. The molecule has 140 valence electrons. The smallest absolute Gasteiger partial charge is 0.267 e. The molecule has 0 bridgehead atoms. The summed E-state index contributed by atoms with van der Waals surface area (Å²) in [6.07, 6.45) is 2.34. The molecule has 1 aromatic rings. The van der Waals surface area contributed by atoms with Crippen LogP contribution in [0.4, 0.5) is 11.4 Å². The molecule has 0 saturated heterocycles. The van der Waals surface area contributed by atoms with Gasteiger partial charge in [-0.15, -0.1) is 0 Å². The van der Waals surface area contributed by atoms with Crippen molar-refractivity contribution in [3.8, 4) is 6.07 Å². The average Bonchev–Trinajstić information content (AvgIpc) is 2.46. The van der Waals surface area contributed by atoms with Crippen LogP contribution in [-0.4, -0.2) is 17.4 Å². The van der Waals surface area contributed by atoms with Gasteiger partial charge in [-0.25, -0.2) is 0 Å². The maximum atomic E-state index is 12.3. The molecule has 0 atom stereocenters. The van der Waals surface area contributed by atoms with Gasteiger partial charge in [0.15, 0.2) is 0 Å². The van der Waals surface area contributed by atoms with Crippen LogP contribution in [-0.2, 0) is 9.59 Å². The van der Waals surface area contributed by atoms with Crippen LogP contribution in [0.1, 0.15) is 48.0 Å². The van der Waals surface area contributed by atoms with Crippen LogP contribution in [0.25, 0.3) is 0 Å². The van der Waals surface area contributed by atoms with Gasteiger partial charge in [0.2, 0.25) is 5.91 Å². The van der Waals surface area contributed by atoms with Gasteiger partial charge in [-0.2, -0.15) is 5.26 Å². The van der Waals surface area contributed by atoms with E-state index in [-0.39, 0.29) is 22.4 Å². The maximum absolute atomic E-state index is 12.3. The van der Waals surface area contributed by atoms with Gasteiger partial charge in [0.1, 0.15) is 11.6 Å². The SMILES string of the molecule is CC(=O)Nc1ccc(NC(=O)/C(C#N)=C\NC(C)(C)CC(C)(C)C)cc1. The highest BCUT2D eigenvalue weighted by Gasteiger charge is 2.24. The maximum Gasteiger partial charge on any atom is 0.267 e. The standard InChI is InChI=1S/C20H28N4O2/c1-14(25)23-16-7-9-17(10-8-16)24-18(26)15(11-21)12-22-20(5,6)13-19(2,3)4/h7-10,12,22H,13H2,1-6H3,(H,23,25)(H,24,26)/b15-12-. The Morgan fingerprint density at radius 3 is 1.96 bits per heavy atom. The lowest BCUT2D eigenvalue weighted by Gasteiger charge is -2.33. The van der Waals surface area contributed by atoms with Crippen LogP contribution in [0, 0.1) is 16.7 Å². The predicted molar refractivity (Wildman–Crippen MR) is 104 cm³/mol. The zero-order valence-electron chi connectivity index (χ0n) is 16.4. The normalized spacial score (nSPS) is 12.1. The fourth-order valence-electron chi connectivity index (χ4n) is 2.83. The van der Waals surface area contributed by atoms with E-state index in [1.807, 2.05) is 19.9 Å². The van der Waals surface area contributed by atoms with E-state index in [9.17, 15) is 14.9 Å². The zero-order valence-corrected chi connectivity index (χ0v) is 16.4. The Balaban J connectivity index is 2.77. The minimum absolute atomic E-state index is 0.00192. The number of carbonyl (C=O) groups is 2. The molecule has 0 aliphatic rings. The highest BCUT2D eigenvalue weighted by molar-refractivity contribution is 6.06. The van der Waals surface area contributed by atoms with Crippen LogP contribution in [0.2, 0.25) is 0 Å². The molecule has 0 aromatic heterocycles. The van der Waals surface area contributed by atoms with Crippen LogP contribution < -0.4 is 16.0 Å². The monoisotopic (exact) mass is 356 g/mol. The molecule has 0 unspecified atom stereocenters. The van der Waals surface area contributed by atoms with Gasteiger partial charge in [0.05, 0.1) is 0 Å². The number of anilines is 2. The topological polar surface area (TPSA) is 94.0 Å². The number of carbonyl (C=O) groups excluding carboxylic acids is 2. The third kappa shape index (κ3) is 7.84. The Kier molecular flexibility index (Phi) is 6.96. The summed E-state index contributed by atoms with van der Waals surface area (Å²) in [6, 6.07) is 8.60. The summed E-state index contributed by atoms with van der Waals surface area (Å²) in [5, 5.41) is 17.8. The predicted octanol–water partition coefficient (Wildman–Crippen LogP) is 3.80. The molecule has 0 aliphatic carbocycles. The summed E-state index contributed by atoms with van der Waals surface area (Å²) in [4.78, 5) is 23.3. The molecule has 26 heavy (non-hydrogen) atoms. The van der Waals surface area contributed by atoms with Gasteiger partial charge in [0, 0.05) is 30.0 Å². The fourth-order valence-corrected chi connectivity index (χ4v) is 2.83. The van der Waals surface area contributed by atoms with E-state index in [1.54, 1.807) is 24.3 Å². The first-order chi connectivity index (χ1) is 11.9. The second-order valence-corrected chi connectivity index (χ2v) is 8.15. The van der Waals surface area contributed by atoms with Gasteiger partial charge >= 0.3 is 0 Å². The summed E-state index contributed by atoms with van der Waals surface area (Å²) in [6.45, 7) is 11.9. The number of hydrogen-bond donors (Lipinski definition) is 3. The van der Waals surface area contributed by atoms with Crippen molar-refractivity contribution in [2.45, 2.75) is 53.5 Å². The Hall–Kier alpha value is -2.81. The Bertz CT molecular complexity index is 720. The molecule has 3 N–H and O–H groups in total. The van der Waals surface area contributed by atoms with Gasteiger partial charge in [-0.3, -0.25) is 9.59 Å². The third-order valence-electron chi connectivity index (χ3n) is 3.41. The lowest BCUT2D eigenvalue weighted by molar-refractivity contribution is -0.114. The van der Waals surface area contributed by atoms with Gasteiger partial charge in [-0.05, 0) is 49.9 Å². The van der Waals surface area contributed by atoms with Crippen molar-refractivity contribution in [2.24, 2.45) is 5.41 Å². The van der Waals surface area contributed by atoms with Crippen molar-refractivity contribution in [3.63, 3.8) is 0 Å². The number of rotatable bonds is 6. The third-order valence-corrected chi connectivity index (χ3v) is 3.41. The summed E-state index contributed by atoms with van der Waals surface area (Å²) in [7, 11) is 0. The summed E-state index contributed by atoms with van der Waals surface area (Å²) in [5.74, 6) is -0.653. The van der Waals surface area contributed by atoms with E-state index >= 15 is 0 Å². The van der Waals surface area contributed by atoms with Crippen molar-refractivity contribution in [3.05, 3.63) is 36.0 Å². The minimum atomic E-state index is -0.487. The molecule has 6 nitrogen and oxygen atoms in total. The number of nitrogens with zero attached hydrogens (tertiary/aromatic N) is 1. The first-order valence-electron chi connectivity index (χ1n) is 8.49. The molecular weight excluding hydrogens is 328 g/mol. The summed E-state index contributed by atoms with van der Waals surface area (Å²) < 4.78 is 0. The van der Waals surface area contributed by atoms with Gasteiger partial charge in [-0.1, -0.05) is 20.8 Å². The molecule has 0 aliphatic heterocycles. The largest absolute Gasteiger partial charge is 0.385 e. The van der Waals surface area contributed by atoms with Crippen molar-refractivity contribution in [1.82, 2.24) is 5.32 Å². The number of benzene rings is 1. The number of hydrogen-bond acceptors (Lipinski definition) is 4. The van der Waals surface area contributed by atoms with E-state index in [2.05, 4.69) is 36.7 Å². The quantitative estimate of drug-likeness (QED) is 0.534. The van der Waals surface area contributed by atoms with Gasteiger partial charge < -0.3 is 16.0 Å². The van der Waals surface area contributed by atoms with Crippen LogP contribution in [0.3, 0.4) is 0 Å². The first-order valence-corrected chi connectivity index (χ1v) is 8.49. The van der Waals surface area contributed by atoms with E-state index in [0.717, 1.165) is 6.42 Å². The molecule has 1 rings (SSSR count). The molecule has 6 heteroatoms. The minimum Gasteiger partial charge on any atom is -0.385 e. The van der Waals surface area contributed by atoms with Crippen LogP contribution >= 0.6 is 0 Å². The molecular formula is C20H28N4O2. The molecule has 0 saturated carbocycles. The molecule has 0 radical (unpaired) electrons. The average molecular weight is 356 g/mol.